The van der Waals surface area contributed by atoms with Crippen molar-refractivity contribution in [3.8, 4) is 0 Å². The van der Waals surface area contributed by atoms with Gasteiger partial charge in [-0.15, -0.1) is 0 Å². The molecular weight excluding hydrogens is 244 g/mol. The number of benzene rings is 1. The van der Waals surface area contributed by atoms with E-state index < -0.39 is 0 Å². The van der Waals surface area contributed by atoms with Gasteiger partial charge in [0.05, 0.1) is 12.5 Å². The van der Waals surface area contributed by atoms with Crippen molar-refractivity contribution in [1.82, 2.24) is 4.90 Å². The van der Waals surface area contributed by atoms with Gasteiger partial charge in [-0.1, -0.05) is 30.3 Å². The second-order valence-electron chi connectivity index (χ2n) is 4.71. The quantitative estimate of drug-likeness (QED) is 0.831. The van der Waals surface area contributed by atoms with Crippen LogP contribution in [0.5, 0.6) is 0 Å². The van der Waals surface area contributed by atoms with Gasteiger partial charge in [-0.05, 0) is 5.56 Å². The predicted octanol–water partition coefficient (Wildman–Crippen LogP) is 1.68. The molecule has 5 nitrogen and oxygen atoms in total. The molecule has 1 aromatic carbocycles. The largest absolute Gasteiger partial charge is 0.479 e. The highest BCUT2D eigenvalue weighted by Crippen LogP contribution is 2.21. The molecule has 2 aliphatic heterocycles. The maximum Gasteiger partial charge on any atom is 0.410 e. The van der Waals surface area contributed by atoms with Crippen LogP contribution in [0, 0.1) is 5.92 Å². The number of amides is 1. The molecule has 1 amide bonds. The normalized spacial score (nSPS) is 18.5. The molecule has 0 aromatic heterocycles. The summed E-state index contributed by atoms with van der Waals surface area (Å²) in [6.45, 7) is 3.02. The van der Waals surface area contributed by atoms with Gasteiger partial charge in [0.15, 0.2) is 5.90 Å². The standard InChI is InChI=1S/C14H16N2O3/c17-14(19-10-11-4-2-1-3-5-11)16-8-12(9-16)13-15-6-7-18-13/h1-5,12H,6-10H2. The van der Waals surface area contributed by atoms with E-state index in [-0.39, 0.29) is 12.0 Å². The fraction of sp³-hybridized carbons (Fsp3) is 0.429. The number of hydrogen-bond donors (Lipinski definition) is 0. The van der Waals surface area contributed by atoms with Gasteiger partial charge >= 0.3 is 6.09 Å². The Morgan fingerprint density at radius 2 is 2.16 bits per heavy atom. The first-order valence-electron chi connectivity index (χ1n) is 6.46. The fourth-order valence-electron chi connectivity index (χ4n) is 2.19. The summed E-state index contributed by atoms with van der Waals surface area (Å²) in [7, 11) is 0. The van der Waals surface area contributed by atoms with E-state index in [1.807, 2.05) is 30.3 Å². The molecule has 19 heavy (non-hydrogen) atoms. The molecule has 3 rings (SSSR count). The van der Waals surface area contributed by atoms with E-state index >= 15 is 0 Å². The Labute approximate surface area is 111 Å². The summed E-state index contributed by atoms with van der Waals surface area (Å²) in [6.07, 6.45) is -0.265. The molecule has 0 N–H and O–H groups in total. The minimum absolute atomic E-state index is 0.256. The number of aliphatic imine (C=N–C) groups is 1. The lowest BCUT2D eigenvalue weighted by molar-refractivity contribution is 0.0600. The fourth-order valence-corrected chi connectivity index (χ4v) is 2.19. The van der Waals surface area contributed by atoms with E-state index in [2.05, 4.69) is 4.99 Å². The maximum absolute atomic E-state index is 11.8. The third kappa shape index (κ3) is 2.70. The molecule has 0 radical (unpaired) electrons. The highest BCUT2D eigenvalue weighted by molar-refractivity contribution is 5.83. The van der Waals surface area contributed by atoms with Crippen LogP contribution in [0.4, 0.5) is 4.79 Å². The van der Waals surface area contributed by atoms with Crippen LogP contribution < -0.4 is 0 Å². The highest BCUT2D eigenvalue weighted by Gasteiger charge is 2.37. The Hall–Kier alpha value is -2.04. The molecule has 0 aliphatic carbocycles. The van der Waals surface area contributed by atoms with Crippen LogP contribution in [-0.4, -0.2) is 43.1 Å². The average Bonchev–Trinajstić information content (AvgIpc) is 2.90. The molecule has 2 heterocycles. The van der Waals surface area contributed by atoms with Crippen LogP contribution in [0.2, 0.25) is 0 Å². The summed E-state index contributed by atoms with van der Waals surface area (Å²) >= 11 is 0. The van der Waals surface area contributed by atoms with E-state index in [9.17, 15) is 4.79 Å². The second kappa shape index (κ2) is 5.30. The smallest absolute Gasteiger partial charge is 0.410 e. The molecule has 2 aliphatic rings. The third-order valence-electron chi connectivity index (χ3n) is 3.30. The zero-order valence-electron chi connectivity index (χ0n) is 10.6. The molecule has 5 heteroatoms. The number of nitrogens with zero attached hydrogens (tertiary/aromatic N) is 2. The van der Waals surface area contributed by atoms with Crippen molar-refractivity contribution in [3.63, 3.8) is 0 Å². The Morgan fingerprint density at radius 3 is 2.84 bits per heavy atom. The summed E-state index contributed by atoms with van der Waals surface area (Å²) in [5.74, 6) is 1.05. The van der Waals surface area contributed by atoms with Crippen LogP contribution in [-0.2, 0) is 16.1 Å². The van der Waals surface area contributed by atoms with E-state index in [1.54, 1.807) is 4.90 Å². The first-order chi connectivity index (χ1) is 9.33. The van der Waals surface area contributed by atoms with E-state index in [0.717, 1.165) is 18.0 Å². The van der Waals surface area contributed by atoms with Crippen molar-refractivity contribution in [1.29, 1.82) is 0 Å². The van der Waals surface area contributed by atoms with Gasteiger partial charge in [-0.3, -0.25) is 4.99 Å². The zero-order valence-corrected chi connectivity index (χ0v) is 10.6. The maximum atomic E-state index is 11.8. The van der Waals surface area contributed by atoms with Gasteiger partial charge in [0.25, 0.3) is 0 Å². The Morgan fingerprint density at radius 1 is 1.37 bits per heavy atom. The van der Waals surface area contributed by atoms with Crippen LogP contribution in [0.3, 0.4) is 0 Å². The molecule has 1 fully saturated rings. The first-order valence-corrected chi connectivity index (χ1v) is 6.46. The van der Waals surface area contributed by atoms with E-state index in [4.69, 9.17) is 9.47 Å². The molecule has 1 aromatic rings. The second-order valence-corrected chi connectivity index (χ2v) is 4.71. The van der Waals surface area contributed by atoms with Crippen molar-refractivity contribution in [2.45, 2.75) is 6.61 Å². The molecule has 1 saturated heterocycles. The van der Waals surface area contributed by atoms with Gasteiger partial charge in [-0.2, -0.15) is 0 Å². The molecule has 0 unspecified atom stereocenters. The Balaban J connectivity index is 1.43. The molecule has 100 valence electrons. The molecule has 0 saturated carbocycles. The van der Waals surface area contributed by atoms with E-state index in [0.29, 0.717) is 26.3 Å². The van der Waals surface area contributed by atoms with Crippen molar-refractivity contribution < 1.29 is 14.3 Å². The SMILES string of the molecule is O=C(OCc1ccccc1)N1CC(C2=NCCO2)C1. The monoisotopic (exact) mass is 260 g/mol. The van der Waals surface area contributed by atoms with Crippen LogP contribution in [0.15, 0.2) is 35.3 Å². The number of ether oxygens (including phenoxy) is 2. The summed E-state index contributed by atoms with van der Waals surface area (Å²) in [6, 6.07) is 9.67. The minimum atomic E-state index is -0.265. The predicted molar refractivity (Wildman–Crippen MR) is 69.9 cm³/mol. The molecule has 0 atom stereocenters. The van der Waals surface area contributed by atoms with Gasteiger partial charge in [0.1, 0.15) is 13.2 Å². The van der Waals surface area contributed by atoms with Gasteiger partial charge in [0, 0.05) is 13.1 Å². The van der Waals surface area contributed by atoms with Gasteiger partial charge in [0.2, 0.25) is 0 Å². The average molecular weight is 260 g/mol. The number of rotatable bonds is 3. The van der Waals surface area contributed by atoms with Gasteiger partial charge in [-0.25, -0.2) is 4.79 Å². The van der Waals surface area contributed by atoms with Gasteiger partial charge < -0.3 is 14.4 Å². The topological polar surface area (TPSA) is 51.1 Å². The highest BCUT2D eigenvalue weighted by atomic mass is 16.6. The third-order valence-corrected chi connectivity index (χ3v) is 3.30. The van der Waals surface area contributed by atoms with E-state index in [1.165, 1.54) is 0 Å². The zero-order chi connectivity index (χ0) is 13.1. The molecule has 0 spiro atoms. The Kier molecular flexibility index (Phi) is 3.35. The number of likely N-dealkylation sites (tertiary alicyclic amines) is 1. The number of hydrogen-bond acceptors (Lipinski definition) is 4. The lowest BCUT2D eigenvalue weighted by Gasteiger charge is -2.37. The van der Waals surface area contributed by atoms with Crippen molar-refractivity contribution in [2.75, 3.05) is 26.2 Å². The lowest BCUT2D eigenvalue weighted by atomic mass is 10.0. The minimum Gasteiger partial charge on any atom is -0.479 e. The summed E-state index contributed by atoms with van der Waals surface area (Å²) < 4.78 is 10.6. The van der Waals surface area contributed by atoms with Crippen molar-refractivity contribution in [3.05, 3.63) is 35.9 Å². The van der Waals surface area contributed by atoms with Crippen LogP contribution in [0.25, 0.3) is 0 Å². The van der Waals surface area contributed by atoms with Crippen molar-refractivity contribution in [2.24, 2.45) is 10.9 Å². The Bertz CT molecular complexity index is 481. The van der Waals surface area contributed by atoms with Crippen LogP contribution in [0.1, 0.15) is 5.56 Å². The first kappa shape index (κ1) is 12.0. The summed E-state index contributed by atoms with van der Waals surface area (Å²) in [5.41, 5.74) is 0.997. The van der Waals surface area contributed by atoms with Crippen LogP contribution >= 0.6 is 0 Å². The molecular formula is C14H16N2O3. The molecule has 0 bridgehead atoms. The number of carbonyl (C=O) groups is 1. The summed E-state index contributed by atoms with van der Waals surface area (Å²) in [5, 5.41) is 0. The number of carbonyl (C=O) groups excluding carboxylic acids is 1. The lowest BCUT2D eigenvalue weighted by Crippen LogP contribution is -2.53. The van der Waals surface area contributed by atoms with Crippen molar-refractivity contribution >= 4 is 12.0 Å². The summed E-state index contributed by atoms with van der Waals surface area (Å²) in [4.78, 5) is 17.7.